The molecular weight excluding hydrogens is 418 g/mol. The first kappa shape index (κ1) is 21.8. The van der Waals surface area contributed by atoms with Gasteiger partial charge in [-0.1, -0.05) is 66.5 Å². The summed E-state index contributed by atoms with van der Waals surface area (Å²) >= 11 is 0. The Labute approximate surface area is 190 Å². The molecule has 2 amide bonds. The third-order valence-corrected chi connectivity index (χ3v) is 5.25. The number of nitrogens with zero attached hydrogens (tertiary/aromatic N) is 2. The van der Waals surface area contributed by atoms with Crippen LogP contribution < -0.4 is 11.2 Å². The van der Waals surface area contributed by atoms with E-state index in [-0.39, 0.29) is 30.5 Å². The molecule has 2 heterocycles. The minimum atomic E-state index is -0.555. The van der Waals surface area contributed by atoms with Gasteiger partial charge in [0, 0.05) is 25.7 Å². The number of aromatic nitrogens is 2. The number of aromatic amines is 1. The quantitative estimate of drug-likeness (QED) is 0.363. The minimum Gasteiger partial charge on any atom is -0.296 e. The van der Waals surface area contributed by atoms with Gasteiger partial charge in [-0.15, -0.1) is 0 Å². The maximum Gasteiger partial charge on any atom is 0.328 e. The maximum absolute atomic E-state index is 12.4. The Morgan fingerprint density at radius 1 is 0.818 bits per heavy atom. The van der Waals surface area contributed by atoms with Crippen LogP contribution in [0.2, 0.25) is 0 Å². The van der Waals surface area contributed by atoms with E-state index in [9.17, 15) is 19.2 Å². The van der Waals surface area contributed by atoms with Crippen molar-refractivity contribution in [1.82, 2.24) is 14.5 Å². The fourth-order valence-corrected chi connectivity index (χ4v) is 3.52. The highest BCUT2D eigenvalue weighted by Gasteiger charge is 2.33. The molecule has 0 saturated heterocycles. The summed E-state index contributed by atoms with van der Waals surface area (Å²) in [6.07, 6.45) is 6.08. The van der Waals surface area contributed by atoms with E-state index in [1.54, 1.807) is 36.4 Å². The fraction of sp³-hybridized carbons (Fsp3) is 0.154. The normalized spacial score (nSPS) is 12.7. The summed E-state index contributed by atoms with van der Waals surface area (Å²) in [7, 11) is 0. The average Bonchev–Trinajstić information content (AvgIpc) is 3.07. The fourth-order valence-electron chi connectivity index (χ4n) is 3.52. The van der Waals surface area contributed by atoms with Crippen molar-refractivity contribution in [1.29, 1.82) is 0 Å². The summed E-state index contributed by atoms with van der Waals surface area (Å²) in [5.74, 6) is 5.13. The van der Waals surface area contributed by atoms with Crippen LogP contribution in [0.1, 0.15) is 38.3 Å². The van der Waals surface area contributed by atoms with E-state index < -0.39 is 11.2 Å². The molecule has 0 unspecified atom stereocenters. The molecule has 4 rings (SSSR count). The number of hydrogen-bond acceptors (Lipinski definition) is 4. The van der Waals surface area contributed by atoms with Crippen molar-refractivity contribution in [2.24, 2.45) is 0 Å². The van der Waals surface area contributed by atoms with E-state index in [0.717, 1.165) is 16.9 Å². The molecule has 0 aliphatic carbocycles. The zero-order valence-corrected chi connectivity index (χ0v) is 17.8. The summed E-state index contributed by atoms with van der Waals surface area (Å²) in [4.78, 5) is 52.4. The summed E-state index contributed by atoms with van der Waals surface area (Å²) < 4.78 is 1.32. The lowest BCUT2D eigenvalue weighted by atomic mass is 10.1. The van der Waals surface area contributed by atoms with E-state index in [1.165, 1.54) is 10.8 Å². The molecule has 0 spiro atoms. The molecule has 0 fully saturated rings. The summed E-state index contributed by atoms with van der Waals surface area (Å²) in [6, 6.07) is 16.6. The van der Waals surface area contributed by atoms with Gasteiger partial charge in [-0.2, -0.15) is 0 Å². The lowest BCUT2D eigenvalue weighted by molar-refractivity contribution is 0.0672. The van der Waals surface area contributed by atoms with E-state index in [1.807, 2.05) is 30.3 Å². The molecule has 1 aliphatic heterocycles. The number of carbonyl (C=O) groups excluding carboxylic acids is 2. The molecule has 1 aliphatic rings. The number of nitrogens with one attached hydrogen (secondary N) is 1. The number of benzene rings is 2. The molecule has 7 heteroatoms. The van der Waals surface area contributed by atoms with Gasteiger partial charge in [0.1, 0.15) is 5.56 Å². The van der Waals surface area contributed by atoms with Gasteiger partial charge in [0.2, 0.25) is 0 Å². The molecule has 164 valence electrons. The Balaban J connectivity index is 1.39. The SMILES string of the molecule is O=C1c2ccccc2C(=O)N1C/C=C\Cn1cc(C#CCCc2ccccc2)c(=O)[nH]c1=O. The highest BCUT2D eigenvalue weighted by Crippen LogP contribution is 2.21. The Bertz CT molecular complexity index is 1370. The Kier molecular flexibility index (Phi) is 6.46. The highest BCUT2D eigenvalue weighted by molar-refractivity contribution is 6.21. The molecular formula is C26H21N3O4. The summed E-state index contributed by atoms with van der Waals surface area (Å²) in [5, 5.41) is 0. The number of imide groups is 1. The van der Waals surface area contributed by atoms with Gasteiger partial charge >= 0.3 is 5.69 Å². The highest BCUT2D eigenvalue weighted by atomic mass is 16.2. The minimum absolute atomic E-state index is 0.0938. The molecule has 0 radical (unpaired) electrons. The third kappa shape index (κ3) is 4.91. The molecule has 1 N–H and O–H groups in total. The van der Waals surface area contributed by atoms with Gasteiger partial charge in [-0.05, 0) is 24.1 Å². The number of amides is 2. The van der Waals surface area contributed by atoms with Crippen LogP contribution in [0.15, 0.2) is 82.5 Å². The number of aryl methyl sites for hydroxylation is 1. The predicted molar refractivity (Wildman–Crippen MR) is 124 cm³/mol. The Morgan fingerprint density at radius 3 is 2.15 bits per heavy atom. The first-order valence-corrected chi connectivity index (χ1v) is 10.5. The molecule has 1 aromatic heterocycles. The Hall–Kier alpha value is -4.44. The zero-order chi connectivity index (χ0) is 23.2. The van der Waals surface area contributed by atoms with Crippen LogP contribution in [0.5, 0.6) is 0 Å². The van der Waals surface area contributed by atoms with Crippen molar-refractivity contribution in [3.05, 3.63) is 116 Å². The van der Waals surface area contributed by atoms with Crippen molar-refractivity contribution in [2.45, 2.75) is 19.4 Å². The van der Waals surface area contributed by atoms with E-state index in [4.69, 9.17) is 0 Å². The van der Waals surface area contributed by atoms with Crippen molar-refractivity contribution < 1.29 is 9.59 Å². The largest absolute Gasteiger partial charge is 0.328 e. The predicted octanol–water partition coefficient (Wildman–Crippen LogP) is 2.37. The van der Waals surface area contributed by atoms with Crippen molar-refractivity contribution in [3.8, 4) is 11.8 Å². The van der Waals surface area contributed by atoms with Crippen LogP contribution in [0, 0.1) is 11.8 Å². The molecule has 33 heavy (non-hydrogen) atoms. The van der Waals surface area contributed by atoms with Crippen LogP contribution in [-0.2, 0) is 13.0 Å². The second-order valence-corrected chi connectivity index (χ2v) is 7.48. The topological polar surface area (TPSA) is 92.2 Å². The number of rotatable bonds is 6. The van der Waals surface area contributed by atoms with Crippen molar-refractivity contribution in [3.63, 3.8) is 0 Å². The van der Waals surface area contributed by atoms with Gasteiger partial charge in [0.05, 0.1) is 11.1 Å². The van der Waals surface area contributed by atoms with Crippen LogP contribution in [0.3, 0.4) is 0 Å². The van der Waals surface area contributed by atoms with Gasteiger partial charge in [-0.25, -0.2) is 4.79 Å². The van der Waals surface area contributed by atoms with E-state index >= 15 is 0 Å². The Morgan fingerprint density at radius 2 is 1.45 bits per heavy atom. The second-order valence-electron chi connectivity index (χ2n) is 7.48. The molecule has 2 aromatic carbocycles. The number of carbonyl (C=O) groups is 2. The lowest BCUT2D eigenvalue weighted by Crippen LogP contribution is -2.31. The second kappa shape index (κ2) is 9.79. The van der Waals surface area contributed by atoms with Crippen molar-refractivity contribution in [2.75, 3.05) is 6.54 Å². The zero-order valence-electron chi connectivity index (χ0n) is 17.8. The van der Waals surface area contributed by atoms with Crippen molar-refractivity contribution >= 4 is 11.8 Å². The average molecular weight is 439 g/mol. The number of fused-ring (bicyclic) bond motifs is 1. The maximum atomic E-state index is 12.4. The molecule has 0 bridgehead atoms. The number of allylic oxidation sites excluding steroid dienone is 1. The van der Waals surface area contributed by atoms with Crippen LogP contribution >= 0.6 is 0 Å². The molecule has 0 saturated carbocycles. The first-order valence-electron chi connectivity index (χ1n) is 10.5. The number of hydrogen-bond donors (Lipinski definition) is 1. The van der Waals surface area contributed by atoms with Crippen LogP contribution in [0.4, 0.5) is 0 Å². The summed E-state index contributed by atoms with van der Waals surface area (Å²) in [6.45, 7) is 0.258. The smallest absolute Gasteiger partial charge is 0.296 e. The van der Waals surface area contributed by atoms with Gasteiger partial charge in [-0.3, -0.25) is 28.8 Å². The number of H-pyrrole nitrogens is 1. The monoisotopic (exact) mass is 439 g/mol. The molecule has 7 nitrogen and oxygen atoms in total. The summed E-state index contributed by atoms with van der Waals surface area (Å²) in [5.41, 5.74) is 1.07. The molecule has 0 atom stereocenters. The molecule has 3 aromatic rings. The van der Waals surface area contributed by atoms with Gasteiger partial charge < -0.3 is 0 Å². The van der Waals surface area contributed by atoms with E-state index in [2.05, 4.69) is 16.8 Å². The lowest BCUT2D eigenvalue weighted by Gasteiger charge is -2.10. The third-order valence-electron chi connectivity index (χ3n) is 5.25. The first-order chi connectivity index (χ1) is 16.0. The van der Waals surface area contributed by atoms with Gasteiger partial charge in [0.15, 0.2) is 0 Å². The van der Waals surface area contributed by atoms with Crippen LogP contribution in [-0.4, -0.2) is 32.8 Å². The van der Waals surface area contributed by atoms with Crippen LogP contribution in [0.25, 0.3) is 0 Å². The van der Waals surface area contributed by atoms with Gasteiger partial charge in [0.25, 0.3) is 17.4 Å². The standard InChI is InChI=1S/C26H21N3O4/c30-23-20(13-5-4-12-19-10-2-1-3-11-19)18-28(26(33)27-23)16-8-9-17-29-24(31)21-14-6-7-15-22(21)25(29)32/h1-3,6-11,14-15,18H,4,12,16-17H2,(H,27,30,33)/b9-8-. The van der Waals surface area contributed by atoms with E-state index in [0.29, 0.717) is 17.5 Å².